The largest absolute Gasteiger partial charge is 0.491 e. The van der Waals surface area contributed by atoms with Crippen molar-refractivity contribution < 1.29 is 18.3 Å². The number of carbonyl (C=O) groups is 1. The molecule has 134 valence electrons. The molecule has 1 aromatic carbocycles. The van der Waals surface area contributed by atoms with E-state index in [0.717, 1.165) is 31.5 Å². The molecule has 0 aliphatic carbocycles. The highest BCUT2D eigenvalue weighted by molar-refractivity contribution is 5.76. The Bertz CT molecular complexity index is 706. The number of likely N-dealkylation sites (tertiary alicyclic amines) is 1. The maximum absolute atomic E-state index is 13.5. The molecule has 25 heavy (non-hydrogen) atoms. The summed E-state index contributed by atoms with van der Waals surface area (Å²) < 4.78 is 33.5. The first-order valence-electron chi connectivity index (χ1n) is 8.48. The standard InChI is InChI=1S/C18H21F2N3O2/c19-14-6-7-17(16(20)12-14)25-11-2-5-18(24)22-9-1-4-15(13-22)23-10-3-8-21-23/h3,6-8,10,12,15H,1-2,4-5,9,11,13H2/t15-/m1/s1. The van der Waals surface area contributed by atoms with Crippen molar-refractivity contribution in [3.63, 3.8) is 0 Å². The summed E-state index contributed by atoms with van der Waals surface area (Å²) in [5.41, 5.74) is 0. The molecule has 1 aliphatic heterocycles. The van der Waals surface area contributed by atoms with E-state index in [-0.39, 0.29) is 24.3 Å². The van der Waals surface area contributed by atoms with Crippen LogP contribution in [0.2, 0.25) is 0 Å². The maximum atomic E-state index is 13.5. The minimum absolute atomic E-state index is 0.00516. The number of nitrogens with zero attached hydrogens (tertiary/aromatic N) is 3. The zero-order valence-corrected chi connectivity index (χ0v) is 13.9. The van der Waals surface area contributed by atoms with E-state index in [0.29, 0.717) is 19.4 Å². The van der Waals surface area contributed by atoms with Crippen LogP contribution < -0.4 is 4.74 Å². The second-order valence-corrected chi connectivity index (χ2v) is 6.15. The monoisotopic (exact) mass is 349 g/mol. The fourth-order valence-corrected chi connectivity index (χ4v) is 3.05. The van der Waals surface area contributed by atoms with Gasteiger partial charge in [0.15, 0.2) is 11.6 Å². The molecular formula is C18H21F2N3O2. The zero-order chi connectivity index (χ0) is 17.6. The minimum Gasteiger partial charge on any atom is -0.491 e. The second kappa shape index (κ2) is 8.09. The molecule has 1 aliphatic rings. The third-order valence-corrected chi connectivity index (χ3v) is 4.33. The van der Waals surface area contributed by atoms with Crippen LogP contribution in [0.1, 0.15) is 31.7 Å². The van der Waals surface area contributed by atoms with Gasteiger partial charge in [-0.3, -0.25) is 9.48 Å². The summed E-state index contributed by atoms with van der Waals surface area (Å²) in [5.74, 6) is -1.30. The van der Waals surface area contributed by atoms with E-state index in [9.17, 15) is 13.6 Å². The van der Waals surface area contributed by atoms with Gasteiger partial charge in [0.2, 0.25) is 5.91 Å². The summed E-state index contributed by atoms with van der Waals surface area (Å²) in [6.07, 6.45) is 6.45. The summed E-state index contributed by atoms with van der Waals surface area (Å²) in [7, 11) is 0. The van der Waals surface area contributed by atoms with Crippen LogP contribution in [0.25, 0.3) is 0 Å². The lowest BCUT2D eigenvalue weighted by molar-refractivity contribution is -0.133. The normalized spacial score (nSPS) is 17.5. The van der Waals surface area contributed by atoms with Crippen molar-refractivity contribution in [2.24, 2.45) is 0 Å². The molecule has 1 atom stereocenters. The molecule has 0 unspecified atom stereocenters. The fourth-order valence-electron chi connectivity index (χ4n) is 3.05. The lowest BCUT2D eigenvalue weighted by Crippen LogP contribution is -2.40. The van der Waals surface area contributed by atoms with Crippen LogP contribution >= 0.6 is 0 Å². The van der Waals surface area contributed by atoms with Gasteiger partial charge in [0.05, 0.1) is 12.6 Å². The molecule has 3 rings (SSSR count). The average molecular weight is 349 g/mol. The highest BCUT2D eigenvalue weighted by Gasteiger charge is 2.24. The van der Waals surface area contributed by atoms with E-state index in [1.807, 2.05) is 21.8 Å². The molecule has 1 fully saturated rings. The van der Waals surface area contributed by atoms with Gasteiger partial charge in [-0.05, 0) is 37.5 Å². The molecule has 0 spiro atoms. The van der Waals surface area contributed by atoms with Gasteiger partial charge in [0.25, 0.3) is 0 Å². The van der Waals surface area contributed by atoms with E-state index >= 15 is 0 Å². The van der Waals surface area contributed by atoms with Gasteiger partial charge < -0.3 is 9.64 Å². The maximum Gasteiger partial charge on any atom is 0.222 e. The Balaban J connectivity index is 1.43. The predicted molar refractivity (Wildman–Crippen MR) is 88.2 cm³/mol. The van der Waals surface area contributed by atoms with E-state index in [1.54, 1.807) is 6.20 Å². The van der Waals surface area contributed by atoms with Crippen molar-refractivity contribution in [3.8, 4) is 5.75 Å². The lowest BCUT2D eigenvalue weighted by Gasteiger charge is -2.33. The Hall–Kier alpha value is -2.44. The molecule has 2 heterocycles. The summed E-state index contributed by atoms with van der Waals surface area (Å²) in [5, 5.41) is 4.25. The highest BCUT2D eigenvalue weighted by Crippen LogP contribution is 2.22. The molecule has 1 aromatic heterocycles. The SMILES string of the molecule is O=C(CCCOc1ccc(F)cc1F)N1CCC[C@@H](n2cccn2)C1. The number of amides is 1. The van der Waals surface area contributed by atoms with Crippen LogP contribution in [-0.4, -0.2) is 40.3 Å². The molecule has 5 nitrogen and oxygen atoms in total. The van der Waals surface area contributed by atoms with Gasteiger partial charge in [-0.15, -0.1) is 0 Å². The van der Waals surface area contributed by atoms with E-state index in [1.165, 1.54) is 6.07 Å². The first-order chi connectivity index (χ1) is 12.1. The number of rotatable bonds is 6. The van der Waals surface area contributed by atoms with Crippen LogP contribution in [0.3, 0.4) is 0 Å². The van der Waals surface area contributed by atoms with Crippen LogP contribution in [0.5, 0.6) is 5.75 Å². The lowest BCUT2D eigenvalue weighted by atomic mass is 10.1. The van der Waals surface area contributed by atoms with Crippen LogP contribution in [-0.2, 0) is 4.79 Å². The Labute approximate surface area is 145 Å². The summed E-state index contributed by atoms with van der Waals surface area (Å²) in [4.78, 5) is 14.2. The van der Waals surface area contributed by atoms with Gasteiger partial charge in [-0.1, -0.05) is 0 Å². The van der Waals surface area contributed by atoms with E-state index in [4.69, 9.17) is 4.74 Å². The molecule has 0 radical (unpaired) electrons. The van der Waals surface area contributed by atoms with Gasteiger partial charge in [-0.2, -0.15) is 5.10 Å². The number of benzene rings is 1. The molecule has 1 saturated heterocycles. The highest BCUT2D eigenvalue weighted by atomic mass is 19.1. The first kappa shape index (κ1) is 17.4. The fraction of sp³-hybridized carbons (Fsp3) is 0.444. The molecule has 0 saturated carbocycles. The topological polar surface area (TPSA) is 47.4 Å². The van der Waals surface area contributed by atoms with Gasteiger partial charge in [0, 0.05) is 38.0 Å². The summed E-state index contributed by atoms with van der Waals surface area (Å²) in [6.45, 7) is 1.63. The van der Waals surface area contributed by atoms with Crippen molar-refractivity contribution in [1.82, 2.24) is 14.7 Å². The minimum atomic E-state index is -0.732. The van der Waals surface area contributed by atoms with E-state index < -0.39 is 11.6 Å². The Morgan fingerprint density at radius 2 is 2.24 bits per heavy atom. The van der Waals surface area contributed by atoms with Gasteiger partial charge in [-0.25, -0.2) is 8.78 Å². The number of halogens is 2. The molecule has 0 bridgehead atoms. The Kier molecular flexibility index (Phi) is 5.63. The number of ether oxygens (including phenoxy) is 1. The number of piperidine rings is 1. The van der Waals surface area contributed by atoms with Crippen molar-refractivity contribution >= 4 is 5.91 Å². The zero-order valence-electron chi connectivity index (χ0n) is 13.9. The van der Waals surface area contributed by atoms with Crippen LogP contribution in [0.15, 0.2) is 36.7 Å². The number of hydrogen-bond acceptors (Lipinski definition) is 3. The molecule has 7 heteroatoms. The number of hydrogen-bond donors (Lipinski definition) is 0. The number of aromatic nitrogens is 2. The molecular weight excluding hydrogens is 328 g/mol. The third kappa shape index (κ3) is 4.55. The van der Waals surface area contributed by atoms with E-state index in [2.05, 4.69) is 5.10 Å². The van der Waals surface area contributed by atoms with Gasteiger partial charge in [0.1, 0.15) is 5.82 Å². The first-order valence-corrected chi connectivity index (χ1v) is 8.48. The van der Waals surface area contributed by atoms with Crippen LogP contribution in [0, 0.1) is 11.6 Å². The Morgan fingerprint density at radius 3 is 3.00 bits per heavy atom. The van der Waals surface area contributed by atoms with Crippen molar-refractivity contribution in [2.45, 2.75) is 31.7 Å². The summed E-state index contributed by atoms with van der Waals surface area (Å²) >= 11 is 0. The van der Waals surface area contributed by atoms with Crippen molar-refractivity contribution in [2.75, 3.05) is 19.7 Å². The third-order valence-electron chi connectivity index (χ3n) is 4.33. The predicted octanol–water partition coefficient (Wildman–Crippen LogP) is 3.18. The smallest absolute Gasteiger partial charge is 0.222 e. The quantitative estimate of drug-likeness (QED) is 0.753. The Morgan fingerprint density at radius 1 is 1.36 bits per heavy atom. The van der Waals surface area contributed by atoms with Crippen molar-refractivity contribution in [1.29, 1.82) is 0 Å². The molecule has 0 N–H and O–H groups in total. The van der Waals surface area contributed by atoms with Gasteiger partial charge >= 0.3 is 0 Å². The molecule has 1 amide bonds. The van der Waals surface area contributed by atoms with Crippen LogP contribution in [0.4, 0.5) is 8.78 Å². The van der Waals surface area contributed by atoms with Crippen molar-refractivity contribution in [3.05, 3.63) is 48.3 Å². The number of carbonyl (C=O) groups excluding carboxylic acids is 1. The summed E-state index contributed by atoms with van der Waals surface area (Å²) in [6, 6.07) is 5.28. The second-order valence-electron chi connectivity index (χ2n) is 6.15. The average Bonchev–Trinajstić information content (AvgIpc) is 3.15. The molecule has 2 aromatic rings.